The summed E-state index contributed by atoms with van der Waals surface area (Å²) in [6, 6.07) is 15.6. The number of fused-ring (bicyclic) bond motifs is 1. The number of rotatable bonds is 3. The van der Waals surface area contributed by atoms with Gasteiger partial charge in [0.2, 0.25) is 10.0 Å². The van der Waals surface area contributed by atoms with Crippen LogP contribution in [0.4, 0.5) is 5.00 Å². The van der Waals surface area contributed by atoms with E-state index in [1.165, 1.54) is 27.8 Å². The maximum Gasteiger partial charge on any atom is 0.257 e. The Kier molecular flexibility index (Phi) is 5.00. The monoisotopic (exact) mass is 426 g/mol. The van der Waals surface area contributed by atoms with Gasteiger partial charge in [0.15, 0.2) is 0 Å². The Morgan fingerprint density at radius 2 is 1.69 bits per heavy atom. The van der Waals surface area contributed by atoms with Crippen LogP contribution in [0.2, 0.25) is 0 Å². The van der Waals surface area contributed by atoms with E-state index in [2.05, 4.69) is 0 Å². The maximum absolute atomic E-state index is 13.1. The number of carbonyl (C=O) groups excluding carboxylic acids is 1. The zero-order valence-electron chi connectivity index (χ0n) is 15.4. The summed E-state index contributed by atoms with van der Waals surface area (Å²) in [5, 5.41) is 10.5. The number of amides is 1. The van der Waals surface area contributed by atoms with Gasteiger partial charge < -0.3 is 10.6 Å². The minimum absolute atomic E-state index is 0.00431. The highest BCUT2D eigenvalue weighted by atomic mass is 32.2. The van der Waals surface area contributed by atoms with Gasteiger partial charge in [0.1, 0.15) is 6.07 Å². The van der Waals surface area contributed by atoms with E-state index in [1.54, 1.807) is 17.0 Å². The van der Waals surface area contributed by atoms with Gasteiger partial charge >= 0.3 is 0 Å². The van der Waals surface area contributed by atoms with Crippen LogP contribution >= 0.6 is 11.3 Å². The number of hydrogen-bond acceptors (Lipinski definition) is 6. The zero-order chi connectivity index (χ0) is 20.6. The summed E-state index contributed by atoms with van der Waals surface area (Å²) in [5.74, 6) is -0.186. The van der Waals surface area contributed by atoms with Gasteiger partial charge in [0.25, 0.3) is 5.91 Å². The van der Waals surface area contributed by atoms with Gasteiger partial charge in [-0.1, -0.05) is 30.3 Å². The predicted molar refractivity (Wildman–Crippen MR) is 112 cm³/mol. The molecule has 148 valence electrons. The van der Waals surface area contributed by atoms with Crippen molar-refractivity contribution in [2.24, 2.45) is 0 Å². The van der Waals surface area contributed by atoms with Crippen molar-refractivity contribution >= 4 is 42.4 Å². The molecule has 0 aliphatic carbocycles. The number of nitrogens with two attached hydrogens (primary N) is 1. The molecule has 2 aromatic carbocycles. The number of anilines is 1. The molecule has 4 rings (SSSR count). The second kappa shape index (κ2) is 7.48. The van der Waals surface area contributed by atoms with E-state index in [4.69, 9.17) is 5.73 Å². The van der Waals surface area contributed by atoms with Crippen LogP contribution in [0, 0.1) is 11.3 Å². The Balaban J connectivity index is 1.54. The Bertz CT molecular complexity index is 1240. The van der Waals surface area contributed by atoms with Crippen LogP contribution in [-0.4, -0.2) is 49.7 Å². The molecule has 0 radical (unpaired) electrons. The summed E-state index contributed by atoms with van der Waals surface area (Å²) in [7, 11) is -3.80. The van der Waals surface area contributed by atoms with Crippen LogP contribution in [0.3, 0.4) is 0 Å². The van der Waals surface area contributed by atoms with Crippen LogP contribution in [0.1, 0.15) is 15.9 Å². The Morgan fingerprint density at radius 3 is 2.41 bits per heavy atom. The van der Waals surface area contributed by atoms with Gasteiger partial charge in [0, 0.05) is 36.3 Å². The number of piperazine rings is 1. The Hall–Kier alpha value is -2.93. The van der Waals surface area contributed by atoms with Gasteiger partial charge in [-0.25, -0.2) is 8.42 Å². The number of benzene rings is 2. The molecule has 1 aliphatic heterocycles. The second-order valence-electron chi connectivity index (χ2n) is 6.64. The number of carbonyl (C=O) groups is 1. The summed E-state index contributed by atoms with van der Waals surface area (Å²) >= 11 is 1.37. The molecule has 0 saturated carbocycles. The summed E-state index contributed by atoms with van der Waals surface area (Å²) in [6.07, 6.45) is 0. The molecule has 3 aromatic rings. The SMILES string of the molecule is N#Cc1ccccc1S(=O)(=O)N1CCN(C(=O)c2c(N)sc3ccccc23)CC1. The van der Waals surface area contributed by atoms with Gasteiger partial charge in [0.05, 0.1) is 21.0 Å². The largest absolute Gasteiger partial charge is 0.390 e. The smallest absolute Gasteiger partial charge is 0.257 e. The fourth-order valence-corrected chi connectivity index (χ4v) is 6.02. The highest BCUT2D eigenvalue weighted by Gasteiger charge is 2.33. The van der Waals surface area contributed by atoms with Crippen molar-refractivity contribution in [2.45, 2.75) is 4.90 Å². The maximum atomic E-state index is 13.1. The highest BCUT2D eigenvalue weighted by Crippen LogP contribution is 2.34. The van der Waals surface area contributed by atoms with Crippen molar-refractivity contribution in [2.75, 3.05) is 31.9 Å². The van der Waals surface area contributed by atoms with Gasteiger partial charge in [-0.05, 0) is 18.2 Å². The molecule has 0 atom stereocenters. The molecule has 1 aromatic heterocycles. The van der Waals surface area contributed by atoms with E-state index >= 15 is 0 Å². The molecule has 7 nitrogen and oxygen atoms in total. The first kappa shape index (κ1) is 19.4. The van der Waals surface area contributed by atoms with Crippen molar-refractivity contribution in [3.05, 3.63) is 59.7 Å². The number of nitrogen functional groups attached to an aromatic ring is 1. The van der Waals surface area contributed by atoms with E-state index in [0.717, 1.165) is 10.1 Å². The van der Waals surface area contributed by atoms with E-state index in [-0.39, 0.29) is 42.5 Å². The van der Waals surface area contributed by atoms with Crippen molar-refractivity contribution in [3.8, 4) is 6.07 Å². The number of nitriles is 1. The number of thiophene rings is 1. The van der Waals surface area contributed by atoms with Crippen LogP contribution in [-0.2, 0) is 10.0 Å². The van der Waals surface area contributed by atoms with Crippen LogP contribution < -0.4 is 5.73 Å². The molecule has 0 bridgehead atoms. The first-order chi connectivity index (χ1) is 13.9. The van der Waals surface area contributed by atoms with E-state index < -0.39 is 10.0 Å². The lowest BCUT2D eigenvalue weighted by atomic mass is 10.1. The molecule has 29 heavy (non-hydrogen) atoms. The third-order valence-electron chi connectivity index (χ3n) is 4.99. The van der Waals surface area contributed by atoms with Crippen LogP contribution in [0.5, 0.6) is 0 Å². The van der Waals surface area contributed by atoms with Crippen molar-refractivity contribution in [3.63, 3.8) is 0 Å². The first-order valence-electron chi connectivity index (χ1n) is 8.99. The van der Waals surface area contributed by atoms with E-state index in [0.29, 0.717) is 10.6 Å². The molecule has 2 N–H and O–H groups in total. The predicted octanol–water partition coefficient (Wildman–Crippen LogP) is 2.50. The molecule has 2 heterocycles. The first-order valence-corrected chi connectivity index (χ1v) is 11.2. The highest BCUT2D eigenvalue weighted by molar-refractivity contribution is 7.89. The minimum Gasteiger partial charge on any atom is -0.390 e. The van der Waals surface area contributed by atoms with Gasteiger partial charge in [-0.3, -0.25) is 4.79 Å². The summed E-state index contributed by atoms with van der Waals surface area (Å²) in [5.41, 5.74) is 6.70. The summed E-state index contributed by atoms with van der Waals surface area (Å²) in [4.78, 5) is 14.7. The molecule has 1 fully saturated rings. The average molecular weight is 427 g/mol. The van der Waals surface area contributed by atoms with Gasteiger partial charge in [-0.15, -0.1) is 11.3 Å². The number of hydrogen-bond donors (Lipinski definition) is 1. The lowest BCUT2D eigenvalue weighted by Gasteiger charge is -2.34. The average Bonchev–Trinajstić information content (AvgIpc) is 3.09. The standard InChI is InChI=1S/C20H18N4O3S2/c21-13-14-5-1-4-8-17(14)29(26,27)24-11-9-23(10-12-24)20(25)18-15-6-2-3-7-16(15)28-19(18)22/h1-8H,9-12,22H2. The molecule has 1 saturated heterocycles. The van der Waals surface area contributed by atoms with Crippen LogP contribution in [0.15, 0.2) is 53.4 Å². The fourth-order valence-electron chi connectivity index (χ4n) is 3.50. The molecule has 1 aliphatic rings. The van der Waals surface area contributed by atoms with Gasteiger partial charge in [-0.2, -0.15) is 9.57 Å². The van der Waals surface area contributed by atoms with Crippen LogP contribution in [0.25, 0.3) is 10.1 Å². The summed E-state index contributed by atoms with van der Waals surface area (Å²) in [6.45, 7) is 0.846. The molecule has 9 heteroatoms. The minimum atomic E-state index is -3.80. The lowest BCUT2D eigenvalue weighted by molar-refractivity contribution is 0.0701. The third-order valence-corrected chi connectivity index (χ3v) is 7.94. The Morgan fingerprint density at radius 1 is 1.03 bits per heavy atom. The van der Waals surface area contributed by atoms with E-state index in [1.807, 2.05) is 30.3 Å². The van der Waals surface area contributed by atoms with Crippen molar-refractivity contribution < 1.29 is 13.2 Å². The van der Waals surface area contributed by atoms with Crippen molar-refractivity contribution in [1.29, 1.82) is 5.26 Å². The lowest BCUT2D eigenvalue weighted by Crippen LogP contribution is -2.50. The molecule has 0 unspecified atom stereocenters. The quantitative estimate of drug-likeness (QED) is 0.692. The summed E-state index contributed by atoms with van der Waals surface area (Å²) < 4.78 is 28.2. The number of nitrogens with zero attached hydrogens (tertiary/aromatic N) is 3. The number of sulfonamides is 1. The molecular formula is C20H18N4O3S2. The molecular weight excluding hydrogens is 408 g/mol. The topological polar surface area (TPSA) is 107 Å². The van der Waals surface area contributed by atoms with Crippen molar-refractivity contribution in [1.82, 2.24) is 9.21 Å². The normalized spacial score (nSPS) is 15.3. The third kappa shape index (κ3) is 3.35. The Labute approximate surface area is 172 Å². The molecule has 1 amide bonds. The fraction of sp³-hybridized carbons (Fsp3) is 0.200. The van der Waals surface area contributed by atoms with E-state index in [9.17, 15) is 18.5 Å². The second-order valence-corrected chi connectivity index (χ2v) is 9.63. The molecule has 0 spiro atoms. The zero-order valence-corrected chi connectivity index (χ0v) is 17.0.